The fourth-order valence-corrected chi connectivity index (χ4v) is 3.18. The number of hydrogen-bond donors (Lipinski definition) is 0. The van der Waals surface area contributed by atoms with Crippen LogP contribution < -0.4 is 4.74 Å². The van der Waals surface area contributed by atoms with Gasteiger partial charge in [0.25, 0.3) is 5.91 Å². The number of benzene rings is 1. The van der Waals surface area contributed by atoms with Crippen molar-refractivity contribution in [2.75, 3.05) is 13.1 Å². The molecule has 1 amide bonds. The van der Waals surface area contributed by atoms with E-state index in [9.17, 15) is 4.79 Å². The molecule has 10 heteroatoms. The van der Waals surface area contributed by atoms with Crippen molar-refractivity contribution in [2.24, 2.45) is 0 Å². The van der Waals surface area contributed by atoms with Gasteiger partial charge in [-0.15, -0.1) is 5.10 Å². The van der Waals surface area contributed by atoms with Crippen LogP contribution in [0.15, 0.2) is 47.5 Å². The summed E-state index contributed by atoms with van der Waals surface area (Å²) in [5.74, 6) is -0.0463. The number of likely N-dealkylation sites (tertiary alicyclic amines) is 1. The summed E-state index contributed by atoms with van der Waals surface area (Å²) in [5.41, 5.74) is 1.32. The maximum atomic E-state index is 12.9. The Balaban J connectivity index is 1.45. The summed E-state index contributed by atoms with van der Waals surface area (Å²) in [4.78, 5) is 23.0. The van der Waals surface area contributed by atoms with Gasteiger partial charge in [0.2, 0.25) is 0 Å². The molecule has 9 nitrogen and oxygen atoms in total. The number of nitrogens with zero attached hydrogens (tertiary/aromatic N) is 7. The molecule has 3 heterocycles. The first-order valence-corrected chi connectivity index (χ1v) is 9.25. The molecule has 1 aliphatic rings. The van der Waals surface area contributed by atoms with E-state index >= 15 is 0 Å². The second-order valence-electron chi connectivity index (χ2n) is 6.12. The molecule has 4 rings (SSSR count). The molecular weight excluding hydrogens is 414 g/mol. The first kappa shape index (κ1) is 17.5. The number of rotatable bonds is 4. The van der Waals surface area contributed by atoms with Crippen molar-refractivity contribution in [3.05, 3.63) is 53.0 Å². The summed E-state index contributed by atoms with van der Waals surface area (Å²) in [6.45, 7) is 1.18. The molecule has 1 aliphatic heterocycles. The minimum absolute atomic E-state index is 0.0463. The third-order valence-corrected chi connectivity index (χ3v) is 4.65. The lowest BCUT2D eigenvalue weighted by atomic mass is 10.1. The van der Waals surface area contributed by atoms with E-state index in [2.05, 4.69) is 41.4 Å². The lowest BCUT2D eigenvalue weighted by molar-refractivity contribution is 0.0515. The summed E-state index contributed by atoms with van der Waals surface area (Å²) >= 11 is 3.30. The average Bonchev–Trinajstić information content (AvgIpc) is 3.24. The highest BCUT2D eigenvalue weighted by Crippen LogP contribution is 2.19. The lowest BCUT2D eigenvalue weighted by Crippen LogP contribution is -2.44. The van der Waals surface area contributed by atoms with Gasteiger partial charge in [0.1, 0.15) is 12.4 Å². The van der Waals surface area contributed by atoms with E-state index in [-0.39, 0.29) is 12.0 Å². The Morgan fingerprint density at radius 3 is 2.89 bits per heavy atom. The largest absolute Gasteiger partial charge is 0.458 e. The molecule has 3 aromatic rings. The van der Waals surface area contributed by atoms with Gasteiger partial charge in [-0.3, -0.25) is 4.79 Å². The fraction of sp³-hybridized carbons (Fsp3) is 0.294. The molecule has 1 unspecified atom stereocenters. The maximum Gasteiger partial charge on any atom is 0.316 e. The fourth-order valence-electron chi connectivity index (χ4n) is 2.97. The molecule has 0 spiro atoms. The molecule has 1 fully saturated rings. The van der Waals surface area contributed by atoms with Crippen LogP contribution in [-0.2, 0) is 0 Å². The van der Waals surface area contributed by atoms with Crippen LogP contribution in [0, 0.1) is 0 Å². The SMILES string of the molecule is O=C(c1cccc(-n2cnnn2)c1)N1CCCC(Oc2ncc(Br)cn2)C1. The molecule has 0 saturated carbocycles. The van der Waals surface area contributed by atoms with Crippen molar-refractivity contribution in [3.63, 3.8) is 0 Å². The first-order valence-electron chi connectivity index (χ1n) is 8.46. The minimum Gasteiger partial charge on any atom is -0.458 e. The normalized spacial score (nSPS) is 16.9. The standard InChI is InChI=1S/C17H16BrN7O2/c18-13-8-19-17(20-9-13)27-15-5-2-6-24(10-15)16(26)12-3-1-4-14(7-12)25-11-21-22-23-25/h1,3-4,7-9,11,15H,2,5-6,10H2. The molecule has 0 bridgehead atoms. The number of carbonyl (C=O) groups is 1. The van der Waals surface area contributed by atoms with Crippen molar-refractivity contribution in [1.29, 1.82) is 0 Å². The van der Waals surface area contributed by atoms with Gasteiger partial charge in [0.05, 0.1) is 16.7 Å². The number of hydrogen-bond acceptors (Lipinski definition) is 7. The molecule has 1 atom stereocenters. The number of halogens is 1. The number of piperidine rings is 1. The van der Waals surface area contributed by atoms with Gasteiger partial charge in [0.15, 0.2) is 0 Å². The third kappa shape index (κ3) is 4.11. The van der Waals surface area contributed by atoms with Gasteiger partial charge in [-0.05, 0) is 57.4 Å². The molecular formula is C17H16BrN7O2. The monoisotopic (exact) mass is 429 g/mol. The van der Waals surface area contributed by atoms with Gasteiger partial charge in [-0.1, -0.05) is 6.07 Å². The van der Waals surface area contributed by atoms with Gasteiger partial charge in [-0.2, -0.15) is 0 Å². The van der Waals surface area contributed by atoms with Crippen LogP contribution in [0.3, 0.4) is 0 Å². The molecule has 138 valence electrons. The van der Waals surface area contributed by atoms with Crippen LogP contribution in [0.5, 0.6) is 6.01 Å². The van der Waals surface area contributed by atoms with Crippen LogP contribution in [0.4, 0.5) is 0 Å². The smallest absolute Gasteiger partial charge is 0.316 e. The van der Waals surface area contributed by atoms with Crippen LogP contribution >= 0.6 is 15.9 Å². The Labute approximate surface area is 163 Å². The molecule has 1 saturated heterocycles. The summed E-state index contributed by atoms with van der Waals surface area (Å²) in [7, 11) is 0. The van der Waals surface area contributed by atoms with E-state index in [0.717, 1.165) is 23.0 Å². The Bertz CT molecular complexity index is 917. The van der Waals surface area contributed by atoms with E-state index in [4.69, 9.17) is 4.74 Å². The Hall–Kier alpha value is -2.88. The predicted octanol–water partition coefficient (Wildman–Crippen LogP) is 1.90. The van der Waals surface area contributed by atoms with E-state index in [0.29, 0.717) is 24.7 Å². The second-order valence-corrected chi connectivity index (χ2v) is 7.04. The number of amides is 1. The molecule has 27 heavy (non-hydrogen) atoms. The van der Waals surface area contributed by atoms with Gasteiger partial charge >= 0.3 is 6.01 Å². The third-order valence-electron chi connectivity index (χ3n) is 4.24. The first-order chi connectivity index (χ1) is 13.2. The highest BCUT2D eigenvalue weighted by Gasteiger charge is 2.26. The van der Waals surface area contributed by atoms with E-state index in [1.165, 1.54) is 11.0 Å². The zero-order valence-electron chi connectivity index (χ0n) is 14.3. The maximum absolute atomic E-state index is 12.9. The Morgan fingerprint density at radius 1 is 1.26 bits per heavy atom. The van der Waals surface area contributed by atoms with E-state index in [1.807, 2.05) is 12.1 Å². The number of aromatic nitrogens is 6. The van der Waals surface area contributed by atoms with Crippen molar-refractivity contribution < 1.29 is 9.53 Å². The van der Waals surface area contributed by atoms with E-state index in [1.54, 1.807) is 29.4 Å². The summed E-state index contributed by atoms with van der Waals surface area (Å²) in [5, 5.41) is 11.1. The molecule has 0 radical (unpaired) electrons. The highest BCUT2D eigenvalue weighted by molar-refractivity contribution is 9.10. The second kappa shape index (κ2) is 7.78. The Morgan fingerprint density at radius 2 is 2.11 bits per heavy atom. The molecule has 0 aliphatic carbocycles. The lowest BCUT2D eigenvalue weighted by Gasteiger charge is -2.32. The number of carbonyl (C=O) groups excluding carboxylic acids is 1. The van der Waals surface area contributed by atoms with Gasteiger partial charge < -0.3 is 9.64 Å². The van der Waals surface area contributed by atoms with Gasteiger partial charge in [-0.25, -0.2) is 14.6 Å². The number of tetrazole rings is 1. The number of ether oxygens (including phenoxy) is 1. The van der Waals surface area contributed by atoms with Crippen LogP contribution in [0.1, 0.15) is 23.2 Å². The summed E-state index contributed by atoms with van der Waals surface area (Å²) < 4.78 is 8.15. The molecule has 2 aromatic heterocycles. The van der Waals surface area contributed by atoms with E-state index < -0.39 is 0 Å². The predicted molar refractivity (Wildman–Crippen MR) is 98.4 cm³/mol. The molecule has 1 aromatic carbocycles. The van der Waals surface area contributed by atoms with Crippen LogP contribution in [0.25, 0.3) is 5.69 Å². The van der Waals surface area contributed by atoms with Crippen molar-refractivity contribution >= 4 is 21.8 Å². The zero-order valence-corrected chi connectivity index (χ0v) is 15.9. The minimum atomic E-state index is -0.133. The van der Waals surface area contributed by atoms with Crippen LogP contribution in [0.2, 0.25) is 0 Å². The van der Waals surface area contributed by atoms with Crippen LogP contribution in [-0.4, -0.2) is 60.2 Å². The zero-order chi connectivity index (χ0) is 18.6. The van der Waals surface area contributed by atoms with Crippen molar-refractivity contribution in [1.82, 2.24) is 35.1 Å². The highest BCUT2D eigenvalue weighted by atomic mass is 79.9. The van der Waals surface area contributed by atoms with Gasteiger partial charge in [0, 0.05) is 24.5 Å². The summed E-state index contributed by atoms with van der Waals surface area (Å²) in [6.07, 6.45) is 6.35. The van der Waals surface area contributed by atoms with Crippen molar-refractivity contribution in [3.8, 4) is 11.7 Å². The molecule has 0 N–H and O–H groups in total. The van der Waals surface area contributed by atoms with Crippen molar-refractivity contribution in [2.45, 2.75) is 18.9 Å². The quantitative estimate of drug-likeness (QED) is 0.624. The Kier molecular flexibility index (Phi) is 5.05. The average molecular weight is 430 g/mol. The topological polar surface area (TPSA) is 98.9 Å². The summed E-state index contributed by atoms with van der Waals surface area (Å²) in [6, 6.07) is 7.55.